The van der Waals surface area contributed by atoms with Crippen molar-refractivity contribution < 1.29 is 84.7 Å². The van der Waals surface area contributed by atoms with Gasteiger partial charge in [0.25, 0.3) is 0 Å². The highest BCUT2D eigenvalue weighted by Gasteiger charge is 2.50. The summed E-state index contributed by atoms with van der Waals surface area (Å²) in [6.07, 6.45) is -6.86. The highest BCUT2D eigenvalue weighted by molar-refractivity contribution is 7.85. The van der Waals surface area contributed by atoms with Crippen LogP contribution in [0.5, 0.6) is 0 Å². The zero-order valence-electron chi connectivity index (χ0n) is 28.9. The van der Waals surface area contributed by atoms with E-state index in [9.17, 15) is 62.1 Å². The maximum absolute atomic E-state index is 12.6. The van der Waals surface area contributed by atoms with Gasteiger partial charge in [0, 0.05) is 53.7 Å². The van der Waals surface area contributed by atoms with Gasteiger partial charge in [0.05, 0.1) is 19.5 Å². The molecule has 2 amide bonds. The molecule has 0 saturated carbocycles. The van der Waals surface area contributed by atoms with Gasteiger partial charge in [-0.1, -0.05) is 13.8 Å². The minimum atomic E-state index is -5.58. The first-order valence-electron chi connectivity index (χ1n) is 15.6. The Kier molecular flexibility index (Phi) is 16.1. The van der Waals surface area contributed by atoms with Crippen LogP contribution in [-0.2, 0) is 61.5 Å². The lowest BCUT2D eigenvalue weighted by molar-refractivity contribution is -0.137. The number of aliphatic hydroxyl groups excluding tert-OH is 2. The van der Waals surface area contributed by atoms with Crippen molar-refractivity contribution >= 4 is 68.8 Å². The van der Waals surface area contributed by atoms with Crippen molar-refractivity contribution in [3.63, 3.8) is 0 Å². The Morgan fingerprint density at radius 1 is 1.04 bits per heavy atom. The predicted molar refractivity (Wildman–Crippen MR) is 183 cm³/mol. The molecule has 3 rings (SSSR count). The first-order valence-corrected chi connectivity index (χ1v) is 21.7. The van der Waals surface area contributed by atoms with Crippen LogP contribution in [0, 0.1) is 5.41 Å². The summed E-state index contributed by atoms with van der Waals surface area (Å²) in [4.78, 5) is 86.3. The standard InChI is InChI=1S/C25H42N7O18P3S/c1-14(33)5-8-54(45)9-7-27-16(34)4-6-28-23(37)20(36)25(2,3)11-47-53(43,44)50-52(41,42)46-10-15-19(49-51(38,39)40)18(35)24(48-15)32-13-31-17-21(26)29-12-30-22(17)32/h12-13,15,18-20,24,35-36H,4-11H2,1-3H3,(H,27,34)(H,28,37)(H,41,42)(H,43,44)(H2,26,29,30)(H2,38,39,40). The van der Waals surface area contributed by atoms with E-state index in [-0.39, 0.29) is 60.2 Å². The number of aromatic nitrogens is 4. The molecule has 0 aromatic carbocycles. The third kappa shape index (κ3) is 13.8. The number of nitrogens with zero attached hydrogens (tertiary/aromatic N) is 4. The summed E-state index contributed by atoms with van der Waals surface area (Å²) < 4.78 is 73.7. The Bertz CT molecular complexity index is 1830. The number of Topliss-reactive ketones (excluding diaryl/α,β-unsaturated/α-hetero) is 1. The quantitative estimate of drug-likeness (QED) is 0.0586. The van der Waals surface area contributed by atoms with Crippen LogP contribution in [-0.4, -0.2) is 133 Å². The fraction of sp³-hybridized carbons (Fsp3) is 0.680. The first kappa shape index (κ1) is 45.7. The number of phosphoric acid groups is 3. The largest absolute Gasteiger partial charge is 0.481 e. The second-order valence-electron chi connectivity index (χ2n) is 12.4. The van der Waals surface area contributed by atoms with Crippen LogP contribution in [0.3, 0.4) is 0 Å². The van der Waals surface area contributed by atoms with E-state index in [1.807, 2.05) is 0 Å². The molecule has 0 radical (unpaired) electrons. The number of ketones is 1. The number of fused-ring (bicyclic) bond motifs is 1. The molecule has 0 bridgehead atoms. The number of phosphoric ester groups is 3. The molecule has 10 N–H and O–H groups in total. The number of anilines is 1. The average molecular weight is 854 g/mol. The smallest absolute Gasteiger partial charge is 0.386 e. The van der Waals surface area contributed by atoms with Crippen molar-refractivity contribution in [1.82, 2.24) is 30.2 Å². The molecule has 8 atom stereocenters. The molecule has 25 nitrogen and oxygen atoms in total. The zero-order chi connectivity index (χ0) is 40.6. The Hall–Kier alpha value is -2.64. The molecule has 3 heterocycles. The van der Waals surface area contributed by atoms with Crippen molar-refractivity contribution in [3.8, 4) is 0 Å². The maximum atomic E-state index is 12.6. The van der Waals surface area contributed by atoms with Gasteiger partial charge < -0.3 is 50.9 Å². The number of carbonyl (C=O) groups is 3. The van der Waals surface area contributed by atoms with E-state index >= 15 is 0 Å². The van der Waals surface area contributed by atoms with Crippen LogP contribution in [0.25, 0.3) is 11.2 Å². The van der Waals surface area contributed by atoms with Gasteiger partial charge in [0.1, 0.15) is 42.0 Å². The number of rotatable bonds is 22. The van der Waals surface area contributed by atoms with Gasteiger partial charge in [-0.05, 0) is 6.92 Å². The van der Waals surface area contributed by atoms with Gasteiger partial charge >= 0.3 is 23.5 Å². The van der Waals surface area contributed by atoms with Gasteiger partial charge in [-0.15, -0.1) is 0 Å². The SMILES string of the molecule is CC(=O)CCS(=O)CCNC(=O)CCNC(=O)C(O)C(C)(C)COP(=O)(O)OP(=O)(O)OCC1OC(n2cnc3c(N)ncnc32)C(O)C1OP(=O)(O)O. The van der Waals surface area contributed by atoms with Crippen LogP contribution >= 0.6 is 23.5 Å². The average Bonchev–Trinajstić information content (AvgIpc) is 3.61. The lowest BCUT2D eigenvalue weighted by Crippen LogP contribution is -2.46. The summed E-state index contributed by atoms with van der Waals surface area (Å²) in [6.45, 7) is 1.63. The van der Waals surface area contributed by atoms with Crippen LogP contribution < -0.4 is 16.4 Å². The third-order valence-corrected chi connectivity index (χ3v) is 11.8. The normalized spacial score (nSPS) is 22.6. The fourth-order valence-corrected chi connectivity index (χ4v) is 8.48. The number of nitrogens with two attached hydrogens (primary N) is 1. The highest BCUT2D eigenvalue weighted by Crippen LogP contribution is 2.61. The van der Waals surface area contributed by atoms with E-state index in [1.54, 1.807) is 0 Å². The maximum Gasteiger partial charge on any atom is 0.481 e. The molecule has 0 aliphatic carbocycles. The second kappa shape index (κ2) is 19.0. The summed E-state index contributed by atoms with van der Waals surface area (Å²) in [5.74, 6) is -1.36. The Morgan fingerprint density at radius 3 is 2.35 bits per heavy atom. The summed E-state index contributed by atoms with van der Waals surface area (Å²) >= 11 is 0. The molecule has 0 spiro atoms. The van der Waals surface area contributed by atoms with Gasteiger partial charge in [-0.25, -0.2) is 28.6 Å². The van der Waals surface area contributed by atoms with E-state index in [2.05, 4.69) is 34.4 Å². The van der Waals surface area contributed by atoms with Gasteiger partial charge in [-0.3, -0.25) is 36.7 Å². The lowest BCUT2D eigenvalue weighted by atomic mass is 9.87. The molecular weight excluding hydrogens is 811 g/mol. The molecule has 1 aliphatic rings. The minimum absolute atomic E-state index is 0.0247. The molecule has 1 fully saturated rings. The molecule has 8 unspecified atom stereocenters. The number of ether oxygens (including phenoxy) is 1. The third-order valence-electron chi connectivity index (χ3n) is 7.41. The summed E-state index contributed by atoms with van der Waals surface area (Å²) in [7, 11) is -17.7. The number of hydrogen-bond acceptors (Lipinski definition) is 18. The Morgan fingerprint density at radius 2 is 1.70 bits per heavy atom. The van der Waals surface area contributed by atoms with Crippen LogP contribution in [0.4, 0.5) is 5.82 Å². The lowest BCUT2D eigenvalue weighted by Gasteiger charge is -2.30. The van der Waals surface area contributed by atoms with Crippen LogP contribution in [0.1, 0.15) is 39.8 Å². The highest BCUT2D eigenvalue weighted by atomic mass is 32.2. The minimum Gasteiger partial charge on any atom is -0.386 e. The molecule has 1 aliphatic heterocycles. The number of nitrogens with one attached hydrogen (secondary N) is 2. The van der Waals surface area contributed by atoms with E-state index in [0.29, 0.717) is 0 Å². The zero-order valence-corrected chi connectivity index (χ0v) is 32.4. The van der Waals surface area contributed by atoms with Gasteiger partial charge in [0.2, 0.25) is 11.8 Å². The number of carbonyl (C=O) groups excluding carboxylic acids is 3. The first-order chi connectivity index (χ1) is 24.9. The molecule has 306 valence electrons. The monoisotopic (exact) mass is 853 g/mol. The van der Waals surface area contributed by atoms with Crippen molar-refractivity contribution in [2.75, 3.05) is 43.5 Å². The van der Waals surface area contributed by atoms with Crippen molar-refractivity contribution in [1.29, 1.82) is 0 Å². The summed E-state index contributed by atoms with van der Waals surface area (Å²) in [6, 6.07) is 0. The van der Waals surface area contributed by atoms with E-state index in [0.717, 1.165) is 17.2 Å². The topological polar surface area (TPSA) is 381 Å². The fourth-order valence-electron chi connectivity index (χ4n) is 4.60. The van der Waals surface area contributed by atoms with E-state index in [1.165, 1.54) is 20.8 Å². The molecule has 2 aromatic rings. The van der Waals surface area contributed by atoms with Crippen LogP contribution in [0.15, 0.2) is 12.7 Å². The predicted octanol–water partition coefficient (Wildman–Crippen LogP) is -1.87. The molecule has 29 heteroatoms. The van der Waals surface area contributed by atoms with Crippen molar-refractivity contribution in [2.45, 2.75) is 64.3 Å². The summed E-state index contributed by atoms with van der Waals surface area (Å²) in [5, 5.41) is 26.2. The number of imidazole rings is 1. The second-order valence-corrected chi connectivity index (χ2v) is 18.3. The Labute approximate surface area is 309 Å². The van der Waals surface area contributed by atoms with Gasteiger partial charge in [-0.2, -0.15) is 4.31 Å². The Balaban J connectivity index is 1.51. The van der Waals surface area contributed by atoms with Crippen molar-refractivity contribution in [2.24, 2.45) is 5.41 Å². The van der Waals surface area contributed by atoms with Crippen LogP contribution in [0.2, 0.25) is 0 Å². The molecule has 2 aromatic heterocycles. The number of aliphatic hydroxyl groups is 2. The molecule has 54 heavy (non-hydrogen) atoms. The van der Waals surface area contributed by atoms with Crippen molar-refractivity contribution in [3.05, 3.63) is 12.7 Å². The molecule has 1 saturated heterocycles. The number of amides is 2. The van der Waals surface area contributed by atoms with E-state index in [4.69, 9.17) is 19.5 Å². The van der Waals surface area contributed by atoms with E-state index < -0.39 is 95.4 Å². The number of hydrogen-bond donors (Lipinski definition) is 9. The van der Waals surface area contributed by atoms with Gasteiger partial charge in [0.15, 0.2) is 17.7 Å². The molecular formula is C25H42N7O18P3S. The summed E-state index contributed by atoms with van der Waals surface area (Å²) in [5.41, 5.74) is 4.22. The number of nitrogen functional groups attached to an aromatic ring is 1.